The lowest BCUT2D eigenvalue weighted by atomic mass is 10.4. The van der Waals surface area contributed by atoms with E-state index < -0.39 is 0 Å². The molecule has 5 heteroatoms. The Morgan fingerprint density at radius 1 is 1.67 bits per heavy atom. The maximum atomic E-state index is 11.7. The summed E-state index contributed by atoms with van der Waals surface area (Å²) in [4.78, 5) is 15.8. The molecule has 1 fully saturated rings. The minimum Gasteiger partial charge on any atom is -0.360 e. The molecule has 0 amide bonds. The molecule has 0 unspecified atom stereocenters. The molecule has 2 rings (SSSR count). The summed E-state index contributed by atoms with van der Waals surface area (Å²) in [5, 5.41) is 0. The van der Waals surface area contributed by atoms with E-state index in [1.807, 2.05) is 0 Å². The monoisotopic (exact) mass is 272 g/mol. The topological polar surface area (TPSA) is 44.1 Å². The Hall–Kier alpha value is -0.680. The Morgan fingerprint density at radius 2 is 2.40 bits per heavy atom. The SMILES string of the molecule is Cc1ncn(COCC2CC2)c(=O)c1Br. The summed E-state index contributed by atoms with van der Waals surface area (Å²) < 4.78 is 7.41. The first-order valence-corrected chi connectivity index (χ1v) is 5.77. The lowest BCUT2D eigenvalue weighted by Gasteiger charge is -2.07. The van der Waals surface area contributed by atoms with Crippen molar-refractivity contribution in [2.24, 2.45) is 5.92 Å². The Balaban J connectivity index is 2.00. The molecule has 1 heterocycles. The molecule has 0 radical (unpaired) electrons. The molecular weight excluding hydrogens is 260 g/mol. The van der Waals surface area contributed by atoms with Gasteiger partial charge >= 0.3 is 0 Å². The van der Waals surface area contributed by atoms with E-state index >= 15 is 0 Å². The van der Waals surface area contributed by atoms with Crippen LogP contribution in [0.1, 0.15) is 18.5 Å². The predicted octanol–water partition coefficient (Wildman–Crippen LogP) is 1.70. The number of aryl methyl sites for hydroxylation is 1. The highest BCUT2D eigenvalue weighted by molar-refractivity contribution is 9.10. The molecule has 0 aromatic carbocycles. The first-order valence-electron chi connectivity index (χ1n) is 4.98. The molecule has 0 bridgehead atoms. The lowest BCUT2D eigenvalue weighted by Crippen LogP contribution is -2.23. The summed E-state index contributed by atoms with van der Waals surface area (Å²) >= 11 is 3.21. The Morgan fingerprint density at radius 3 is 3.07 bits per heavy atom. The number of aromatic nitrogens is 2. The fraction of sp³-hybridized carbons (Fsp3) is 0.600. The van der Waals surface area contributed by atoms with Crippen molar-refractivity contribution in [1.29, 1.82) is 0 Å². The fourth-order valence-electron chi connectivity index (χ4n) is 1.24. The van der Waals surface area contributed by atoms with Gasteiger partial charge in [0.15, 0.2) is 0 Å². The molecule has 0 atom stereocenters. The van der Waals surface area contributed by atoms with Gasteiger partial charge in [-0.2, -0.15) is 0 Å². The van der Waals surface area contributed by atoms with E-state index in [0.29, 0.717) is 22.8 Å². The molecule has 0 N–H and O–H groups in total. The van der Waals surface area contributed by atoms with Gasteiger partial charge in [-0.05, 0) is 41.6 Å². The Bertz CT molecular complexity index is 412. The number of rotatable bonds is 4. The van der Waals surface area contributed by atoms with Crippen LogP contribution in [0.5, 0.6) is 0 Å². The smallest absolute Gasteiger partial charge is 0.269 e. The van der Waals surface area contributed by atoms with Crippen molar-refractivity contribution >= 4 is 15.9 Å². The third kappa shape index (κ3) is 2.66. The summed E-state index contributed by atoms with van der Waals surface area (Å²) in [7, 11) is 0. The minimum absolute atomic E-state index is 0.0849. The maximum Gasteiger partial charge on any atom is 0.269 e. The molecule has 4 nitrogen and oxygen atoms in total. The standard InChI is InChI=1S/C10H13BrN2O2/c1-7-9(11)10(14)13(5-12-7)6-15-4-8-2-3-8/h5,8H,2-4,6H2,1H3. The average molecular weight is 273 g/mol. The summed E-state index contributed by atoms with van der Waals surface area (Å²) in [5.41, 5.74) is 0.622. The van der Waals surface area contributed by atoms with E-state index in [1.165, 1.54) is 23.7 Å². The van der Waals surface area contributed by atoms with Crippen LogP contribution in [-0.2, 0) is 11.5 Å². The van der Waals surface area contributed by atoms with Gasteiger partial charge in [0, 0.05) is 0 Å². The fourth-order valence-corrected chi connectivity index (χ4v) is 1.57. The summed E-state index contributed by atoms with van der Waals surface area (Å²) in [6, 6.07) is 0. The van der Waals surface area contributed by atoms with Gasteiger partial charge < -0.3 is 4.74 Å². The van der Waals surface area contributed by atoms with Crippen LogP contribution >= 0.6 is 15.9 Å². The molecular formula is C10H13BrN2O2. The molecule has 1 aromatic heterocycles. The van der Waals surface area contributed by atoms with Gasteiger partial charge in [0.05, 0.1) is 18.6 Å². The molecule has 1 saturated carbocycles. The second-order valence-corrected chi connectivity index (χ2v) is 4.66. The van der Waals surface area contributed by atoms with Crippen molar-refractivity contribution in [3.63, 3.8) is 0 Å². The van der Waals surface area contributed by atoms with Crippen molar-refractivity contribution in [2.45, 2.75) is 26.5 Å². The van der Waals surface area contributed by atoms with Crippen LogP contribution in [-0.4, -0.2) is 16.2 Å². The van der Waals surface area contributed by atoms with E-state index in [4.69, 9.17) is 4.74 Å². The van der Waals surface area contributed by atoms with Crippen LogP contribution in [0.3, 0.4) is 0 Å². The van der Waals surface area contributed by atoms with Gasteiger partial charge in [-0.25, -0.2) is 4.98 Å². The average Bonchev–Trinajstić information content (AvgIpc) is 3.02. The number of halogens is 1. The molecule has 0 spiro atoms. The first-order chi connectivity index (χ1) is 7.18. The molecule has 15 heavy (non-hydrogen) atoms. The lowest BCUT2D eigenvalue weighted by molar-refractivity contribution is 0.0659. The van der Waals surface area contributed by atoms with Crippen molar-refractivity contribution in [1.82, 2.24) is 9.55 Å². The van der Waals surface area contributed by atoms with Gasteiger partial charge in [-0.3, -0.25) is 9.36 Å². The van der Waals surface area contributed by atoms with Crippen LogP contribution in [0.4, 0.5) is 0 Å². The normalized spacial score (nSPS) is 15.6. The molecule has 1 aliphatic carbocycles. The molecule has 0 saturated heterocycles. The van der Waals surface area contributed by atoms with Gasteiger partial charge in [0.25, 0.3) is 5.56 Å². The number of hydrogen-bond donors (Lipinski definition) is 0. The van der Waals surface area contributed by atoms with E-state index in [2.05, 4.69) is 20.9 Å². The third-order valence-corrected chi connectivity index (χ3v) is 3.35. The number of hydrogen-bond acceptors (Lipinski definition) is 3. The number of nitrogens with zero attached hydrogens (tertiary/aromatic N) is 2. The molecule has 82 valence electrons. The van der Waals surface area contributed by atoms with E-state index in [9.17, 15) is 4.79 Å². The second kappa shape index (κ2) is 4.45. The van der Waals surface area contributed by atoms with Crippen molar-refractivity contribution in [3.8, 4) is 0 Å². The minimum atomic E-state index is -0.0849. The summed E-state index contributed by atoms with van der Waals surface area (Å²) in [5.74, 6) is 0.711. The van der Waals surface area contributed by atoms with Gasteiger partial charge in [-0.15, -0.1) is 0 Å². The quantitative estimate of drug-likeness (QED) is 0.838. The first kappa shape index (κ1) is 10.8. The van der Waals surface area contributed by atoms with Crippen LogP contribution in [0.15, 0.2) is 15.6 Å². The number of ether oxygens (including phenoxy) is 1. The molecule has 0 aliphatic heterocycles. The molecule has 1 aliphatic rings. The Kier molecular flexibility index (Phi) is 3.21. The van der Waals surface area contributed by atoms with E-state index in [-0.39, 0.29) is 5.56 Å². The van der Waals surface area contributed by atoms with E-state index in [1.54, 1.807) is 6.92 Å². The highest BCUT2D eigenvalue weighted by Gasteiger charge is 2.21. The Labute approximate surface area is 96.4 Å². The highest BCUT2D eigenvalue weighted by Crippen LogP contribution is 2.28. The van der Waals surface area contributed by atoms with Crippen LogP contribution < -0.4 is 5.56 Å². The third-order valence-electron chi connectivity index (χ3n) is 2.44. The van der Waals surface area contributed by atoms with Gasteiger partial charge in [-0.1, -0.05) is 0 Å². The zero-order valence-electron chi connectivity index (χ0n) is 8.57. The summed E-state index contributed by atoms with van der Waals surface area (Å²) in [6.45, 7) is 2.83. The van der Waals surface area contributed by atoms with Crippen molar-refractivity contribution < 1.29 is 4.74 Å². The zero-order valence-corrected chi connectivity index (χ0v) is 10.2. The van der Waals surface area contributed by atoms with Crippen LogP contribution in [0, 0.1) is 12.8 Å². The summed E-state index contributed by atoms with van der Waals surface area (Å²) in [6.07, 6.45) is 4.03. The largest absolute Gasteiger partial charge is 0.360 e. The van der Waals surface area contributed by atoms with Crippen molar-refractivity contribution in [2.75, 3.05) is 6.61 Å². The zero-order chi connectivity index (χ0) is 10.8. The van der Waals surface area contributed by atoms with Crippen LogP contribution in [0.25, 0.3) is 0 Å². The van der Waals surface area contributed by atoms with Crippen molar-refractivity contribution in [3.05, 3.63) is 26.8 Å². The van der Waals surface area contributed by atoms with Crippen LogP contribution in [0.2, 0.25) is 0 Å². The predicted molar refractivity (Wildman–Crippen MR) is 59.6 cm³/mol. The maximum absolute atomic E-state index is 11.7. The second-order valence-electron chi connectivity index (χ2n) is 3.86. The van der Waals surface area contributed by atoms with Gasteiger partial charge in [0.2, 0.25) is 0 Å². The molecule has 1 aromatic rings. The van der Waals surface area contributed by atoms with Gasteiger partial charge in [0.1, 0.15) is 11.2 Å². The van der Waals surface area contributed by atoms with E-state index in [0.717, 1.165) is 6.61 Å². The highest BCUT2D eigenvalue weighted by atomic mass is 79.9.